The van der Waals surface area contributed by atoms with Gasteiger partial charge in [0.25, 0.3) is 0 Å². The number of para-hydroxylation sites is 1. The first-order valence-corrected chi connectivity index (χ1v) is 14.4. The zero-order valence-electron chi connectivity index (χ0n) is 24.0. The summed E-state index contributed by atoms with van der Waals surface area (Å²) in [6.07, 6.45) is 4.14. The second-order valence-corrected chi connectivity index (χ2v) is 12.2. The van der Waals surface area contributed by atoms with Crippen molar-refractivity contribution >= 4 is 28.9 Å². The Bertz CT molecular complexity index is 1320. The summed E-state index contributed by atoms with van der Waals surface area (Å²) in [4.78, 5) is 53.9. The summed E-state index contributed by atoms with van der Waals surface area (Å²) in [5.41, 5.74) is 1.84. The van der Waals surface area contributed by atoms with Gasteiger partial charge in [-0.25, -0.2) is 9.59 Å². The van der Waals surface area contributed by atoms with Crippen molar-refractivity contribution in [2.24, 2.45) is 7.05 Å². The predicted molar refractivity (Wildman–Crippen MR) is 149 cm³/mol. The summed E-state index contributed by atoms with van der Waals surface area (Å²) in [5.74, 6) is -0.720. The van der Waals surface area contributed by atoms with Gasteiger partial charge < -0.3 is 14.4 Å². The van der Waals surface area contributed by atoms with Crippen LogP contribution in [0, 0.1) is 0 Å². The van der Waals surface area contributed by atoms with E-state index in [2.05, 4.69) is 10.2 Å². The molecule has 218 valence electrons. The summed E-state index contributed by atoms with van der Waals surface area (Å²) in [7, 11) is 1.74. The number of rotatable bonds is 5. The van der Waals surface area contributed by atoms with E-state index in [9.17, 15) is 19.2 Å². The maximum absolute atomic E-state index is 13.2. The van der Waals surface area contributed by atoms with Crippen molar-refractivity contribution in [1.29, 1.82) is 0 Å². The number of nitrogens with one attached hydrogen (secondary N) is 1. The maximum Gasteiger partial charge on any atom is 0.410 e. The number of aromatic nitrogens is 2. The van der Waals surface area contributed by atoms with Crippen LogP contribution in [0.1, 0.15) is 70.9 Å². The van der Waals surface area contributed by atoms with Crippen molar-refractivity contribution in [2.75, 3.05) is 26.2 Å². The van der Waals surface area contributed by atoms with Crippen molar-refractivity contribution in [1.82, 2.24) is 24.3 Å². The summed E-state index contributed by atoms with van der Waals surface area (Å²) in [6.45, 7) is 9.42. The van der Waals surface area contributed by atoms with E-state index >= 15 is 0 Å². The van der Waals surface area contributed by atoms with Crippen LogP contribution in [-0.4, -0.2) is 80.8 Å². The van der Waals surface area contributed by atoms with Gasteiger partial charge in [-0.15, -0.1) is 0 Å². The van der Waals surface area contributed by atoms with Gasteiger partial charge in [0, 0.05) is 46.2 Å². The number of amides is 3. The fourth-order valence-corrected chi connectivity index (χ4v) is 6.09. The Balaban J connectivity index is 1.17. The number of imide groups is 1. The molecule has 0 spiro atoms. The highest BCUT2D eigenvalue weighted by Gasteiger charge is 2.33. The lowest BCUT2D eigenvalue weighted by Gasteiger charge is -2.37. The highest BCUT2D eigenvalue weighted by Crippen LogP contribution is 2.27. The topological polar surface area (TPSA) is 115 Å². The Morgan fingerprint density at radius 3 is 2.25 bits per heavy atom. The van der Waals surface area contributed by atoms with Gasteiger partial charge in [-0.3, -0.25) is 28.9 Å². The third kappa shape index (κ3) is 6.10. The van der Waals surface area contributed by atoms with Crippen LogP contribution < -0.4 is 11.0 Å². The number of ether oxygens (including phenoxy) is 2. The molecule has 1 aromatic heterocycles. The quantitative estimate of drug-likeness (QED) is 0.564. The summed E-state index contributed by atoms with van der Waals surface area (Å²) in [5, 5.41) is 2.37. The molecule has 1 N–H and O–H groups in total. The molecule has 11 nitrogen and oxygen atoms in total. The van der Waals surface area contributed by atoms with E-state index in [4.69, 9.17) is 9.47 Å². The lowest BCUT2D eigenvalue weighted by molar-refractivity contribution is -0.135. The van der Waals surface area contributed by atoms with E-state index in [0.29, 0.717) is 26.1 Å². The lowest BCUT2D eigenvalue weighted by atomic mass is 10.0. The molecule has 3 aliphatic rings. The number of carbonyl (C=O) groups excluding carboxylic acids is 3. The second kappa shape index (κ2) is 11.4. The van der Waals surface area contributed by atoms with Gasteiger partial charge in [0.15, 0.2) is 0 Å². The molecular weight excluding hydrogens is 514 g/mol. The molecule has 0 saturated carbocycles. The molecule has 3 saturated heterocycles. The fraction of sp³-hybridized carbons (Fsp3) is 0.655. The molecule has 3 fully saturated rings. The van der Waals surface area contributed by atoms with Gasteiger partial charge in [-0.05, 0) is 64.5 Å². The van der Waals surface area contributed by atoms with E-state index < -0.39 is 17.6 Å². The smallest absolute Gasteiger partial charge is 0.410 e. The molecule has 1 unspecified atom stereocenters. The SMILES string of the molecule is Cn1c(=O)n(C2CCC(=O)NC2=O)c2cccc(CN3CCC(OC4CCN(C(=O)OC(C)(C)C)CC4)CC3)c21. The van der Waals surface area contributed by atoms with Crippen LogP contribution in [0.3, 0.4) is 0 Å². The van der Waals surface area contributed by atoms with Gasteiger partial charge in [-0.1, -0.05) is 12.1 Å². The first-order valence-electron chi connectivity index (χ1n) is 14.4. The molecule has 40 heavy (non-hydrogen) atoms. The summed E-state index contributed by atoms with van der Waals surface area (Å²) >= 11 is 0. The van der Waals surface area contributed by atoms with Crippen LogP contribution in [0.4, 0.5) is 4.79 Å². The average molecular weight is 556 g/mol. The Morgan fingerprint density at radius 2 is 1.62 bits per heavy atom. The summed E-state index contributed by atoms with van der Waals surface area (Å²) in [6, 6.07) is 5.16. The molecule has 0 bridgehead atoms. The van der Waals surface area contributed by atoms with Gasteiger partial charge in [0.1, 0.15) is 11.6 Å². The number of piperidine rings is 3. The number of benzene rings is 1. The summed E-state index contributed by atoms with van der Waals surface area (Å²) < 4.78 is 15.1. The maximum atomic E-state index is 13.2. The highest BCUT2D eigenvalue weighted by molar-refractivity contribution is 6.00. The van der Waals surface area contributed by atoms with E-state index in [1.54, 1.807) is 16.5 Å². The van der Waals surface area contributed by atoms with E-state index in [1.807, 2.05) is 39.0 Å². The molecule has 11 heteroatoms. The Kier molecular flexibility index (Phi) is 8.05. The van der Waals surface area contributed by atoms with Crippen molar-refractivity contribution in [3.8, 4) is 0 Å². The van der Waals surface area contributed by atoms with Crippen LogP contribution in [0.2, 0.25) is 0 Å². The number of imidazole rings is 1. The Labute approximate surface area is 234 Å². The van der Waals surface area contributed by atoms with Crippen LogP contribution in [-0.2, 0) is 32.7 Å². The third-order valence-electron chi connectivity index (χ3n) is 8.12. The van der Waals surface area contributed by atoms with E-state index in [0.717, 1.165) is 55.4 Å². The van der Waals surface area contributed by atoms with E-state index in [-0.39, 0.29) is 36.3 Å². The standard InChI is InChI=1S/C29H41N5O6/c1-29(2,3)40-28(38)33-16-12-21(13-17-33)39-20-10-14-32(15-11-20)18-19-6-5-7-22-25(19)31(4)27(37)34(22)23-8-9-24(35)30-26(23)36/h5-7,20-21,23H,8-18H2,1-4H3,(H,30,35,36). The van der Waals surface area contributed by atoms with Crippen LogP contribution in [0.15, 0.2) is 23.0 Å². The molecule has 4 heterocycles. The largest absolute Gasteiger partial charge is 0.444 e. The minimum Gasteiger partial charge on any atom is -0.444 e. The number of fused-ring (bicyclic) bond motifs is 1. The first kappa shape index (κ1) is 28.4. The Hall–Kier alpha value is -3.18. The number of hydrogen-bond donors (Lipinski definition) is 1. The van der Waals surface area contributed by atoms with Gasteiger partial charge in [-0.2, -0.15) is 0 Å². The van der Waals surface area contributed by atoms with Crippen LogP contribution >= 0.6 is 0 Å². The minimum absolute atomic E-state index is 0.158. The zero-order valence-corrected chi connectivity index (χ0v) is 24.0. The third-order valence-corrected chi connectivity index (χ3v) is 8.12. The van der Waals surface area contributed by atoms with Crippen LogP contribution in [0.5, 0.6) is 0 Å². The van der Waals surface area contributed by atoms with Crippen molar-refractivity contribution in [2.45, 2.75) is 89.7 Å². The number of likely N-dealkylation sites (tertiary alicyclic amines) is 2. The highest BCUT2D eigenvalue weighted by atomic mass is 16.6. The van der Waals surface area contributed by atoms with Gasteiger partial charge >= 0.3 is 11.8 Å². The predicted octanol–water partition coefficient (Wildman–Crippen LogP) is 2.70. The van der Waals surface area contributed by atoms with Crippen molar-refractivity contribution in [3.05, 3.63) is 34.2 Å². The molecule has 3 amide bonds. The van der Waals surface area contributed by atoms with Crippen molar-refractivity contribution < 1.29 is 23.9 Å². The molecule has 1 aromatic carbocycles. The number of nitrogens with zero attached hydrogens (tertiary/aromatic N) is 4. The lowest BCUT2D eigenvalue weighted by Crippen LogP contribution is -2.45. The van der Waals surface area contributed by atoms with Crippen molar-refractivity contribution in [3.63, 3.8) is 0 Å². The second-order valence-electron chi connectivity index (χ2n) is 12.2. The average Bonchev–Trinajstić information content (AvgIpc) is 3.15. The number of aryl methyl sites for hydroxylation is 1. The van der Waals surface area contributed by atoms with E-state index in [1.165, 1.54) is 4.57 Å². The molecule has 3 aliphatic heterocycles. The fourth-order valence-electron chi connectivity index (χ4n) is 6.09. The number of carbonyl (C=O) groups is 3. The normalized spacial score (nSPS) is 22.1. The zero-order chi connectivity index (χ0) is 28.6. The monoisotopic (exact) mass is 555 g/mol. The molecule has 5 rings (SSSR count). The molecule has 0 aliphatic carbocycles. The Morgan fingerprint density at radius 1 is 0.975 bits per heavy atom. The number of hydrogen-bond acceptors (Lipinski definition) is 7. The van der Waals surface area contributed by atoms with Gasteiger partial charge in [0.05, 0.1) is 23.2 Å². The molecule has 1 atom stereocenters. The first-order chi connectivity index (χ1) is 19.0. The molecule has 2 aromatic rings. The minimum atomic E-state index is -0.687. The van der Waals surface area contributed by atoms with Crippen LogP contribution in [0.25, 0.3) is 11.0 Å². The van der Waals surface area contributed by atoms with Gasteiger partial charge in [0.2, 0.25) is 11.8 Å². The molecule has 0 radical (unpaired) electrons. The molecular formula is C29H41N5O6.